The molecule has 1 aliphatic carbocycles. The molecule has 0 saturated carbocycles. The van der Waals surface area contributed by atoms with Gasteiger partial charge in [0.25, 0.3) is 0 Å². The third-order valence-electron chi connectivity index (χ3n) is 3.53. The minimum atomic E-state index is 0.794. The van der Waals surface area contributed by atoms with Gasteiger partial charge in [-0.3, -0.25) is 4.90 Å². The molecule has 0 radical (unpaired) electrons. The normalized spacial score (nSPS) is 34.3. The third-order valence-corrected chi connectivity index (χ3v) is 3.53. The lowest BCUT2D eigenvalue weighted by Gasteiger charge is -2.24. The molecule has 3 aliphatic rings. The maximum atomic E-state index is 2.72. The maximum Gasteiger partial charge on any atom is 0.0348 e. The second-order valence-corrected chi connectivity index (χ2v) is 4.16. The summed E-state index contributed by atoms with van der Waals surface area (Å²) in [5.74, 6) is 0. The van der Waals surface area contributed by atoms with Crippen molar-refractivity contribution in [2.75, 3.05) is 6.54 Å². The van der Waals surface area contributed by atoms with Gasteiger partial charge < -0.3 is 0 Å². The van der Waals surface area contributed by atoms with E-state index in [0.717, 1.165) is 12.1 Å². The van der Waals surface area contributed by atoms with Crippen LogP contribution < -0.4 is 0 Å². The van der Waals surface area contributed by atoms with Gasteiger partial charge in [0, 0.05) is 12.1 Å². The second kappa shape index (κ2) is 4.31. The van der Waals surface area contributed by atoms with Crippen LogP contribution in [0.1, 0.15) is 39.5 Å². The van der Waals surface area contributed by atoms with Crippen LogP contribution in [-0.2, 0) is 0 Å². The lowest BCUT2D eigenvalue weighted by molar-refractivity contribution is 0.256. The Kier molecular flexibility index (Phi) is 3.07. The van der Waals surface area contributed by atoms with E-state index in [0.29, 0.717) is 0 Å². The predicted molar refractivity (Wildman–Crippen MR) is 61.3 cm³/mol. The van der Waals surface area contributed by atoms with Crippen molar-refractivity contribution in [3.8, 4) is 0 Å². The summed E-state index contributed by atoms with van der Waals surface area (Å²) in [4.78, 5) is 2.72. The van der Waals surface area contributed by atoms with Gasteiger partial charge in [-0.1, -0.05) is 37.6 Å². The Morgan fingerprint density at radius 1 is 1.36 bits per heavy atom. The SMILES string of the molecule is C1=CCC2C(=C1)CC1CCCN12.CC. The summed E-state index contributed by atoms with van der Waals surface area (Å²) in [6.07, 6.45) is 12.4. The van der Waals surface area contributed by atoms with Crippen molar-refractivity contribution in [1.82, 2.24) is 4.90 Å². The molecule has 0 amide bonds. The topological polar surface area (TPSA) is 3.24 Å². The summed E-state index contributed by atoms with van der Waals surface area (Å²) in [6.45, 7) is 5.35. The number of nitrogens with zero attached hydrogens (tertiary/aromatic N) is 1. The molecular formula is C13H21N. The molecule has 2 atom stereocenters. The van der Waals surface area contributed by atoms with Crippen molar-refractivity contribution < 1.29 is 0 Å². The van der Waals surface area contributed by atoms with E-state index >= 15 is 0 Å². The van der Waals surface area contributed by atoms with E-state index in [1.165, 1.54) is 32.2 Å². The highest BCUT2D eigenvalue weighted by molar-refractivity contribution is 5.29. The van der Waals surface area contributed by atoms with Crippen LogP contribution in [0.5, 0.6) is 0 Å². The van der Waals surface area contributed by atoms with Gasteiger partial charge in [-0.05, 0) is 32.2 Å². The fourth-order valence-corrected chi connectivity index (χ4v) is 2.97. The molecule has 78 valence electrons. The molecule has 1 nitrogen and oxygen atoms in total. The van der Waals surface area contributed by atoms with Crippen molar-refractivity contribution in [3.63, 3.8) is 0 Å². The molecule has 2 saturated heterocycles. The fraction of sp³-hybridized carbons (Fsp3) is 0.692. The molecule has 0 aromatic rings. The molecule has 3 rings (SSSR count). The van der Waals surface area contributed by atoms with Gasteiger partial charge in [-0.25, -0.2) is 0 Å². The zero-order chi connectivity index (χ0) is 9.97. The largest absolute Gasteiger partial charge is 0.293 e. The molecule has 0 N–H and O–H groups in total. The first kappa shape index (κ1) is 9.97. The molecule has 0 aromatic carbocycles. The van der Waals surface area contributed by atoms with Crippen molar-refractivity contribution in [2.24, 2.45) is 0 Å². The summed E-state index contributed by atoms with van der Waals surface area (Å²) < 4.78 is 0. The van der Waals surface area contributed by atoms with Crippen molar-refractivity contribution >= 4 is 0 Å². The van der Waals surface area contributed by atoms with Crippen LogP contribution in [-0.4, -0.2) is 23.5 Å². The van der Waals surface area contributed by atoms with E-state index in [2.05, 4.69) is 23.1 Å². The minimum Gasteiger partial charge on any atom is -0.293 e. The van der Waals surface area contributed by atoms with Gasteiger partial charge in [0.1, 0.15) is 0 Å². The molecule has 2 heterocycles. The Morgan fingerprint density at radius 3 is 3.07 bits per heavy atom. The van der Waals surface area contributed by atoms with Crippen LogP contribution in [0.25, 0.3) is 0 Å². The first-order chi connectivity index (χ1) is 6.95. The van der Waals surface area contributed by atoms with Gasteiger partial charge in [0.05, 0.1) is 0 Å². The fourth-order valence-electron chi connectivity index (χ4n) is 2.97. The van der Waals surface area contributed by atoms with Crippen molar-refractivity contribution in [2.45, 2.75) is 51.6 Å². The Hall–Kier alpha value is -0.560. The van der Waals surface area contributed by atoms with Crippen molar-refractivity contribution in [3.05, 3.63) is 23.8 Å². The third kappa shape index (κ3) is 1.54. The van der Waals surface area contributed by atoms with Gasteiger partial charge >= 0.3 is 0 Å². The Morgan fingerprint density at radius 2 is 2.21 bits per heavy atom. The molecule has 14 heavy (non-hydrogen) atoms. The lowest BCUT2D eigenvalue weighted by atomic mass is 9.98. The van der Waals surface area contributed by atoms with Gasteiger partial charge in [-0.15, -0.1) is 0 Å². The van der Waals surface area contributed by atoms with Gasteiger partial charge in [-0.2, -0.15) is 0 Å². The smallest absolute Gasteiger partial charge is 0.0348 e. The molecule has 0 spiro atoms. The molecule has 0 bridgehead atoms. The molecule has 1 heteroatoms. The second-order valence-electron chi connectivity index (χ2n) is 4.16. The van der Waals surface area contributed by atoms with Gasteiger partial charge in [0.15, 0.2) is 0 Å². The van der Waals surface area contributed by atoms with E-state index in [1.54, 1.807) is 5.57 Å². The number of rotatable bonds is 0. The quantitative estimate of drug-likeness (QED) is 0.568. The highest BCUT2D eigenvalue weighted by atomic mass is 15.2. The van der Waals surface area contributed by atoms with Crippen LogP contribution in [0.4, 0.5) is 0 Å². The molecule has 2 fully saturated rings. The molecular weight excluding hydrogens is 170 g/mol. The first-order valence-corrected chi connectivity index (χ1v) is 6.06. The monoisotopic (exact) mass is 191 g/mol. The average Bonchev–Trinajstić information content (AvgIpc) is 2.80. The standard InChI is InChI=1S/C11H15N.C2H6/c1-2-6-11-9(4-1)8-10-5-3-7-12(10)11;1-2/h1-2,4,10-11H,3,5-8H2;1-2H3. The van der Waals surface area contributed by atoms with Crippen LogP contribution in [0.3, 0.4) is 0 Å². The van der Waals surface area contributed by atoms with E-state index in [4.69, 9.17) is 0 Å². The molecule has 0 aromatic heterocycles. The predicted octanol–water partition coefficient (Wildman–Crippen LogP) is 3.14. The number of fused-ring (bicyclic) bond motifs is 3. The van der Waals surface area contributed by atoms with E-state index in [-0.39, 0.29) is 0 Å². The average molecular weight is 191 g/mol. The van der Waals surface area contributed by atoms with E-state index < -0.39 is 0 Å². The summed E-state index contributed by atoms with van der Waals surface area (Å²) >= 11 is 0. The maximum absolute atomic E-state index is 2.72. The van der Waals surface area contributed by atoms with Crippen LogP contribution >= 0.6 is 0 Å². The zero-order valence-corrected chi connectivity index (χ0v) is 9.37. The van der Waals surface area contributed by atoms with E-state index in [9.17, 15) is 0 Å². The van der Waals surface area contributed by atoms with Crippen molar-refractivity contribution in [1.29, 1.82) is 0 Å². The van der Waals surface area contributed by atoms with E-state index in [1.807, 2.05) is 13.8 Å². The molecule has 2 aliphatic heterocycles. The van der Waals surface area contributed by atoms with Crippen LogP contribution in [0, 0.1) is 0 Å². The van der Waals surface area contributed by atoms with Crippen LogP contribution in [0.2, 0.25) is 0 Å². The Labute approximate surface area is 87.5 Å². The summed E-state index contributed by atoms with van der Waals surface area (Å²) in [5, 5.41) is 0. The summed E-state index contributed by atoms with van der Waals surface area (Å²) in [7, 11) is 0. The highest BCUT2D eigenvalue weighted by Gasteiger charge is 2.39. The summed E-state index contributed by atoms with van der Waals surface area (Å²) in [6, 6.07) is 1.70. The van der Waals surface area contributed by atoms with Gasteiger partial charge in [0.2, 0.25) is 0 Å². The Balaban J connectivity index is 0.000000354. The van der Waals surface area contributed by atoms with Crippen LogP contribution in [0.15, 0.2) is 23.8 Å². The lowest BCUT2D eigenvalue weighted by Crippen LogP contribution is -2.31. The zero-order valence-electron chi connectivity index (χ0n) is 9.37. The summed E-state index contributed by atoms with van der Waals surface area (Å²) in [5.41, 5.74) is 1.70. The Bertz CT molecular complexity index is 252. The number of hydrogen-bond donors (Lipinski definition) is 0. The number of allylic oxidation sites excluding steroid dienone is 2. The highest BCUT2D eigenvalue weighted by Crippen LogP contribution is 2.38. The number of hydrogen-bond acceptors (Lipinski definition) is 1. The minimum absolute atomic E-state index is 0.794. The molecule has 2 unspecified atom stereocenters. The first-order valence-electron chi connectivity index (χ1n) is 6.06.